The number of carbonyl (C=O) groups is 1. The Hall–Kier alpha value is -1.01. The Morgan fingerprint density at radius 1 is 1.29 bits per heavy atom. The lowest BCUT2D eigenvalue weighted by Gasteiger charge is -2.35. The van der Waals surface area contributed by atoms with Crippen LogP contribution in [-0.4, -0.2) is 47.5 Å². The van der Waals surface area contributed by atoms with Gasteiger partial charge in [-0.2, -0.15) is 0 Å². The summed E-state index contributed by atoms with van der Waals surface area (Å²) in [5.41, 5.74) is -0.0452. The number of ether oxygens (including phenoxy) is 1. The molecule has 136 valence electrons. The zero-order chi connectivity index (χ0) is 18.3. The van der Waals surface area contributed by atoms with E-state index in [1.807, 2.05) is 20.8 Å². The number of amides is 1. The van der Waals surface area contributed by atoms with Gasteiger partial charge in [0, 0.05) is 6.54 Å². The molecule has 2 rings (SSSR count). The average Bonchev–Trinajstić information content (AvgIpc) is 2.65. The first kappa shape index (κ1) is 19.3. The normalized spacial score (nSPS) is 26.3. The maximum atomic E-state index is 12.4. The van der Waals surface area contributed by atoms with E-state index in [1.54, 1.807) is 4.90 Å². The van der Waals surface area contributed by atoms with Gasteiger partial charge in [-0.25, -0.2) is 4.79 Å². The van der Waals surface area contributed by atoms with Crippen molar-refractivity contribution in [1.82, 2.24) is 4.90 Å². The summed E-state index contributed by atoms with van der Waals surface area (Å²) >= 11 is 0. The standard InChI is InChI=1S/C18H32BNO4/c1-9-14-12-13(19-23-17(5,6)18(7,8)24-19)10-11-20(14)15(21)22-16(2,3)4/h12,14H,9-11H2,1-8H3. The van der Waals surface area contributed by atoms with E-state index in [-0.39, 0.29) is 30.5 Å². The zero-order valence-electron chi connectivity index (χ0n) is 16.4. The van der Waals surface area contributed by atoms with Crippen LogP contribution in [0.3, 0.4) is 0 Å². The molecule has 2 aliphatic heterocycles. The van der Waals surface area contributed by atoms with Gasteiger partial charge in [-0.05, 0) is 66.8 Å². The van der Waals surface area contributed by atoms with E-state index in [2.05, 4.69) is 40.7 Å². The van der Waals surface area contributed by atoms with E-state index in [9.17, 15) is 4.79 Å². The van der Waals surface area contributed by atoms with E-state index in [1.165, 1.54) is 0 Å². The summed E-state index contributed by atoms with van der Waals surface area (Å²) in [6.07, 6.45) is 3.45. The Morgan fingerprint density at radius 3 is 2.29 bits per heavy atom. The number of hydrogen-bond acceptors (Lipinski definition) is 4. The topological polar surface area (TPSA) is 48.0 Å². The van der Waals surface area contributed by atoms with E-state index in [0.717, 1.165) is 18.3 Å². The highest BCUT2D eigenvalue weighted by Gasteiger charge is 2.52. The second-order valence-corrected chi connectivity index (χ2v) is 8.73. The van der Waals surface area contributed by atoms with Crippen molar-refractivity contribution in [2.24, 2.45) is 0 Å². The van der Waals surface area contributed by atoms with E-state index in [0.29, 0.717) is 6.54 Å². The van der Waals surface area contributed by atoms with Gasteiger partial charge in [0.2, 0.25) is 0 Å². The second-order valence-electron chi connectivity index (χ2n) is 8.73. The number of hydrogen-bond donors (Lipinski definition) is 0. The van der Waals surface area contributed by atoms with Crippen LogP contribution < -0.4 is 0 Å². The number of rotatable bonds is 2. The molecule has 0 radical (unpaired) electrons. The predicted octanol–water partition coefficient (Wildman–Crippen LogP) is 3.96. The Morgan fingerprint density at radius 2 is 1.83 bits per heavy atom. The lowest BCUT2D eigenvalue weighted by atomic mass is 9.73. The average molecular weight is 337 g/mol. The van der Waals surface area contributed by atoms with Gasteiger partial charge >= 0.3 is 13.2 Å². The molecule has 2 aliphatic rings. The van der Waals surface area contributed by atoms with Crippen molar-refractivity contribution >= 4 is 13.2 Å². The van der Waals surface area contributed by atoms with Gasteiger partial charge in [0.1, 0.15) is 5.60 Å². The molecule has 0 N–H and O–H groups in total. The van der Waals surface area contributed by atoms with Crippen molar-refractivity contribution < 1.29 is 18.8 Å². The van der Waals surface area contributed by atoms with Crippen LogP contribution in [0.1, 0.15) is 68.2 Å². The van der Waals surface area contributed by atoms with E-state index in [4.69, 9.17) is 14.0 Å². The smallest absolute Gasteiger partial charge is 0.444 e. The van der Waals surface area contributed by atoms with Crippen molar-refractivity contribution in [3.63, 3.8) is 0 Å². The summed E-state index contributed by atoms with van der Waals surface area (Å²) in [6, 6.07) is 0.0163. The van der Waals surface area contributed by atoms with Gasteiger partial charge in [0.25, 0.3) is 0 Å². The summed E-state index contributed by atoms with van der Waals surface area (Å²) in [7, 11) is -0.329. The quantitative estimate of drug-likeness (QED) is 0.716. The third kappa shape index (κ3) is 3.97. The molecule has 0 aromatic heterocycles. The largest absolute Gasteiger partial charge is 0.490 e. The first-order valence-electron chi connectivity index (χ1n) is 8.92. The molecule has 0 aromatic carbocycles. The summed E-state index contributed by atoms with van der Waals surface area (Å²) in [5.74, 6) is 0. The number of carbonyl (C=O) groups excluding carboxylic acids is 1. The molecular formula is C18H32BNO4. The molecule has 1 unspecified atom stereocenters. The van der Waals surface area contributed by atoms with Crippen LogP contribution >= 0.6 is 0 Å². The minimum atomic E-state index is -0.481. The Kier molecular flexibility index (Phi) is 5.13. The lowest BCUT2D eigenvalue weighted by Crippen LogP contribution is -2.46. The first-order valence-corrected chi connectivity index (χ1v) is 8.92. The van der Waals surface area contributed by atoms with Gasteiger partial charge in [-0.3, -0.25) is 0 Å². The monoisotopic (exact) mass is 337 g/mol. The summed E-state index contributed by atoms with van der Waals surface area (Å²) < 4.78 is 17.8. The lowest BCUT2D eigenvalue weighted by molar-refractivity contribution is 0.00578. The van der Waals surface area contributed by atoms with Crippen molar-refractivity contribution in [2.75, 3.05) is 6.54 Å². The summed E-state index contributed by atoms with van der Waals surface area (Å²) in [6.45, 7) is 16.6. The molecule has 2 heterocycles. The Balaban J connectivity index is 2.13. The van der Waals surface area contributed by atoms with E-state index >= 15 is 0 Å². The highest BCUT2D eigenvalue weighted by Crippen LogP contribution is 2.40. The Labute approximate surface area is 146 Å². The third-order valence-corrected chi connectivity index (χ3v) is 5.05. The highest BCUT2D eigenvalue weighted by atomic mass is 16.7. The summed E-state index contributed by atoms with van der Waals surface area (Å²) in [5, 5.41) is 0. The maximum Gasteiger partial charge on any atom is 0.490 e. The maximum absolute atomic E-state index is 12.4. The van der Waals surface area contributed by atoms with Crippen LogP contribution in [0.25, 0.3) is 0 Å². The van der Waals surface area contributed by atoms with Crippen molar-refractivity contribution in [1.29, 1.82) is 0 Å². The molecule has 6 heteroatoms. The van der Waals surface area contributed by atoms with Crippen molar-refractivity contribution in [3.05, 3.63) is 11.5 Å². The zero-order valence-corrected chi connectivity index (χ0v) is 16.4. The molecule has 5 nitrogen and oxygen atoms in total. The van der Waals surface area contributed by atoms with Crippen LogP contribution in [0.15, 0.2) is 11.5 Å². The molecule has 1 atom stereocenters. The predicted molar refractivity (Wildman–Crippen MR) is 95.8 cm³/mol. The highest BCUT2D eigenvalue weighted by molar-refractivity contribution is 6.54. The van der Waals surface area contributed by atoms with E-state index < -0.39 is 5.60 Å². The molecule has 1 saturated heterocycles. The molecule has 0 aromatic rings. The number of nitrogens with zero attached hydrogens (tertiary/aromatic N) is 1. The van der Waals surface area contributed by atoms with Crippen molar-refractivity contribution in [3.8, 4) is 0 Å². The fourth-order valence-electron chi connectivity index (χ4n) is 2.91. The van der Waals surface area contributed by atoms with Crippen LogP contribution in [0.4, 0.5) is 4.79 Å². The van der Waals surface area contributed by atoms with Gasteiger partial charge in [-0.15, -0.1) is 0 Å². The summed E-state index contributed by atoms with van der Waals surface area (Å²) in [4.78, 5) is 14.2. The molecule has 1 fully saturated rings. The van der Waals surface area contributed by atoms with Crippen molar-refractivity contribution in [2.45, 2.75) is 91.1 Å². The molecule has 0 saturated carbocycles. The SMILES string of the molecule is CCC1C=C(B2OC(C)(C)C(C)(C)O2)CCN1C(=O)OC(C)(C)C. The fraction of sp³-hybridized carbons (Fsp3) is 0.833. The van der Waals surface area contributed by atoms with Crippen LogP contribution in [0.2, 0.25) is 0 Å². The van der Waals surface area contributed by atoms with Crippen LogP contribution in [0.5, 0.6) is 0 Å². The molecule has 0 bridgehead atoms. The molecule has 24 heavy (non-hydrogen) atoms. The Bertz CT molecular complexity index is 506. The van der Waals surface area contributed by atoms with Crippen LogP contribution in [-0.2, 0) is 14.0 Å². The molecule has 0 aliphatic carbocycles. The van der Waals surface area contributed by atoms with Gasteiger partial charge in [0.15, 0.2) is 0 Å². The van der Waals surface area contributed by atoms with Crippen LogP contribution in [0, 0.1) is 0 Å². The van der Waals surface area contributed by atoms with Gasteiger partial charge in [0.05, 0.1) is 17.2 Å². The second kappa shape index (κ2) is 6.38. The first-order chi connectivity index (χ1) is 10.9. The minimum Gasteiger partial charge on any atom is -0.444 e. The molecule has 0 spiro atoms. The third-order valence-electron chi connectivity index (χ3n) is 5.05. The fourth-order valence-corrected chi connectivity index (χ4v) is 2.91. The molecular weight excluding hydrogens is 305 g/mol. The van der Waals surface area contributed by atoms with Gasteiger partial charge < -0.3 is 18.9 Å². The molecule has 1 amide bonds. The van der Waals surface area contributed by atoms with Gasteiger partial charge in [-0.1, -0.05) is 13.0 Å². The minimum absolute atomic E-state index is 0.0163.